The van der Waals surface area contributed by atoms with Crippen LogP contribution in [0, 0.1) is 0 Å². The third-order valence-corrected chi connectivity index (χ3v) is 0. The van der Waals surface area contributed by atoms with Gasteiger partial charge in [0.05, 0.1) is 12.1 Å². The zero-order valence-corrected chi connectivity index (χ0v) is 10.6. The van der Waals surface area contributed by atoms with Gasteiger partial charge in [0, 0.05) is 0 Å². The van der Waals surface area contributed by atoms with Gasteiger partial charge in [-0.25, -0.2) is 0 Å². The van der Waals surface area contributed by atoms with Gasteiger partial charge in [-0.15, -0.1) is 0 Å². The standard InChI is InChI=1S/2C3H9N.Mo.4O/c2*1-3(2)4;;;;;/h2*3H,4H2,1-2H3;;;;;/q;;;;;2*-1/p+2. The van der Waals surface area contributed by atoms with Crippen LogP contribution in [0.2, 0.25) is 0 Å². The summed E-state index contributed by atoms with van der Waals surface area (Å²) in [5.41, 5.74) is 7.28. The van der Waals surface area contributed by atoms with Crippen molar-refractivity contribution in [3.63, 3.8) is 0 Å². The molecule has 0 aliphatic carbocycles. The Labute approximate surface area is 82.7 Å². The van der Waals surface area contributed by atoms with E-state index >= 15 is 0 Å². The first-order valence-electron chi connectivity index (χ1n) is 3.79. The van der Waals surface area contributed by atoms with E-state index in [1.807, 2.05) is 0 Å². The second kappa shape index (κ2) is 10.2. The molecule has 6 N–H and O–H groups in total. The summed E-state index contributed by atoms with van der Waals surface area (Å²) >= 11 is -6.02. The Hall–Kier alpha value is 0.128. The Balaban J connectivity index is -0.000000117. The Morgan fingerprint density at radius 2 is 0.923 bits per heavy atom. The molecular weight excluding hydrogens is 260 g/mol. The molecule has 0 amide bonds. The molecular formula is C6H20MoN2O4. The quantitative estimate of drug-likeness (QED) is 0.448. The Morgan fingerprint density at radius 1 is 0.923 bits per heavy atom. The summed E-state index contributed by atoms with van der Waals surface area (Å²) in [5, 5.41) is 0. The molecule has 0 aromatic rings. The van der Waals surface area contributed by atoms with Crippen LogP contribution in [-0.4, -0.2) is 12.1 Å². The van der Waals surface area contributed by atoms with E-state index < -0.39 is 16.7 Å². The molecule has 13 heavy (non-hydrogen) atoms. The Morgan fingerprint density at radius 3 is 0.923 bits per heavy atom. The Kier molecular flexibility index (Phi) is 14.8. The topological polar surface area (TPSA) is 136 Å². The van der Waals surface area contributed by atoms with Crippen LogP contribution in [0.5, 0.6) is 0 Å². The first kappa shape index (κ1) is 18.8. The maximum absolute atomic E-state index is 8.63. The molecule has 0 fully saturated rings. The van der Waals surface area contributed by atoms with Crippen molar-refractivity contribution in [3.8, 4) is 0 Å². The van der Waals surface area contributed by atoms with Crippen LogP contribution in [0.25, 0.3) is 0 Å². The minimum absolute atomic E-state index is 0.583. The minimum atomic E-state index is -6.02. The van der Waals surface area contributed by atoms with Crippen molar-refractivity contribution in [1.82, 2.24) is 0 Å². The molecule has 0 rings (SSSR count). The van der Waals surface area contributed by atoms with Crippen LogP contribution in [0.4, 0.5) is 0 Å². The van der Waals surface area contributed by atoms with E-state index in [2.05, 4.69) is 39.2 Å². The van der Waals surface area contributed by atoms with Crippen LogP contribution in [0.3, 0.4) is 0 Å². The van der Waals surface area contributed by atoms with Gasteiger partial charge in [-0.1, -0.05) is 0 Å². The molecule has 0 atom stereocenters. The molecule has 6 nitrogen and oxygen atoms in total. The molecule has 0 spiro atoms. The molecule has 0 aliphatic heterocycles. The number of rotatable bonds is 0. The fourth-order valence-electron chi connectivity index (χ4n) is 0. The molecule has 84 valence electrons. The van der Waals surface area contributed by atoms with Gasteiger partial charge in [0.1, 0.15) is 0 Å². The normalized spacial score (nSPS) is 10.0. The summed E-state index contributed by atoms with van der Waals surface area (Å²) in [6.45, 7) is 8.22. The van der Waals surface area contributed by atoms with Crippen LogP contribution in [0.1, 0.15) is 27.7 Å². The summed E-state index contributed by atoms with van der Waals surface area (Å²) in [6.07, 6.45) is 0. The predicted octanol–water partition coefficient (Wildman–Crippen LogP) is -3.34. The number of quaternary nitrogens is 2. The van der Waals surface area contributed by atoms with Crippen molar-refractivity contribution >= 4 is 0 Å². The van der Waals surface area contributed by atoms with E-state index in [1.54, 1.807) is 0 Å². The molecule has 0 saturated heterocycles. The van der Waals surface area contributed by atoms with Gasteiger partial charge in [-0.3, -0.25) is 0 Å². The summed E-state index contributed by atoms with van der Waals surface area (Å²) < 4.78 is 34.5. The average Bonchev–Trinajstić information content (AvgIpc) is 1.50. The predicted molar refractivity (Wildman–Crippen MR) is 37.4 cm³/mol. The van der Waals surface area contributed by atoms with Gasteiger partial charge in [-0.2, -0.15) is 0 Å². The Bertz CT molecular complexity index is 158. The fourth-order valence-corrected chi connectivity index (χ4v) is 0. The summed E-state index contributed by atoms with van der Waals surface area (Å²) in [6, 6.07) is 1.17. The van der Waals surface area contributed by atoms with E-state index in [0.717, 1.165) is 0 Å². The van der Waals surface area contributed by atoms with Crippen LogP contribution >= 0.6 is 0 Å². The van der Waals surface area contributed by atoms with Gasteiger partial charge in [0.2, 0.25) is 0 Å². The van der Waals surface area contributed by atoms with Crippen LogP contribution < -0.4 is 19.0 Å². The third kappa shape index (κ3) is 75600. The van der Waals surface area contributed by atoms with E-state index in [-0.39, 0.29) is 0 Å². The molecule has 0 saturated carbocycles. The first-order chi connectivity index (χ1) is 5.46. The molecule has 0 unspecified atom stereocenters. The summed E-state index contributed by atoms with van der Waals surface area (Å²) in [5.74, 6) is 0. The monoisotopic (exact) mass is 282 g/mol. The second-order valence-corrected chi connectivity index (χ2v) is 5.20. The summed E-state index contributed by atoms with van der Waals surface area (Å²) in [7, 11) is 0. The zero-order valence-electron chi connectivity index (χ0n) is 8.61. The van der Waals surface area contributed by atoms with Gasteiger partial charge in [0.25, 0.3) is 0 Å². The average molecular weight is 280 g/mol. The van der Waals surface area contributed by atoms with Gasteiger partial charge >= 0.3 is 31.1 Å². The molecule has 0 heterocycles. The fraction of sp³-hybridized carbons (Fsp3) is 1.00. The van der Waals surface area contributed by atoms with Crippen molar-refractivity contribution in [1.29, 1.82) is 0 Å². The van der Waals surface area contributed by atoms with Crippen molar-refractivity contribution in [2.45, 2.75) is 39.8 Å². The van der Waals surface area contributed by atoms with Crippen LogP contribution in [0.15, 0.2) is 0 Å². The van der Waals surface area contributed by atoms with Gasteiger partial charge in [-0.05, 0) is 27.7 Å². The first-order valence-corrected chi connectivity index (χ1v) is 7.07. The number of hydrogen-bond acceptors (Lipinski definition) is 4. The van der Waals surface area contributed by atoms with Gasteiger partial charge in [0.15, 0.2) is 0 Å². The zero-order chi connectivity index (χ0) is 11.7. The molecule has 0 aromatic heterocycles. The van der Waals surface area contributed by atoms with Crippen molar-refractivity contribution < 1.29 is 42.5 Å². The molecule has 7 heteroatoms. The number of hydrogen-bond donors (Lipinski definition) is 2. The van der Waals surface area contributed by atoms with E-state index in [4.69, 9.17) is 14.3 Å². The molecule has 0 radical (unpaired) electrons. The van der Waals surface area contributed by atoms with E-state index in [9.17, 15) is 0 Å². The molecule has 0 aromatic carbocycles. The van der Waals surface area contributed by atoms with E-state index in [1.165, 1.54) is 0 Å². The summed E-state index contributed by atoms with van der Waals surface area (Å²) in [4.78, 5) is 0. The van der Waals surface area contributed by atoms with Crippen molar-refractivity contribution in [2.24, 2.45) is 0 Å². The van der Waals surface area contributed by atoms with Gasteiger partial charge < -0.3 is 11.5 Å². The SMILES string of the molecule is CC(C)[NH3+].CC(C)[NH3+].[O]=[Mo](=[O])([O-])[O-]. The maximum atomic E-state index is 8.63. The van der Waals surface area contributed by atoms with Crippen molar-refractivity contribution in [3.05, 3.63) is 0 Å². The second-order valence-electron chi connectivity index (χ2n) is 3.20. The molecule has 0 aliphatic rings. The van der Waals surface area contributed by atoms with Crippen molar-refractivity contribution in [2.75, 3.05) is 0 Å². The van der Waals surface area contributed by atoms with Crippen LogP contribution in [-0.2, 0) is 23.5 Å². The molecule has 0 bridgehead atoms. The van der Waals surface area contributed by atoms with E-state index in [0.29, 0.717) is 12.1 Å². The third-order valence-electron chi connectivity index (χ3n) is 0.